The lowest BCUT2D eigenvalue weighted by molar-refractivity contribution is -0.132. The van der Waals surface area contributed by atoms with E-state index in [0.717, 1.165) is 0 Å². The Kier molecular flexibility index (Phi) is 8.07. The first-order valence-electron chi connectivity index (χ1n) is 10.5. The number of hydrogen-bond acceptors (Lipinski definition) is 9. The number of amides is 3. The summed E-state index contributed by atoms with van der Waals surface area (Å²) in [7, 11) is 1.47. The molecule has 1 aliphatic heterocycles. The molecule has 2 aromatic heterocycles. The van der Waals surface area contributed by atoms with Gasteiger partial charge in [-0.3, -0.25) is 19.8 Å². The Morgan fingerprint density at radius 1 is 1.50 bits per heavy atom. The smallest absolute Gasteiger partial charge is 0.328 e. The van der Waals surface area contributed by atoms with Gasteiger partial charge in [0.15, 0.2) is 6.29 Å². The van der Waals surface area contributed by atoms with Crippen molar-refractivity contribution >= 4 is 29.9 Å². The summed E-state index contributed by atoms with van der Waals surface area (Å²) in [6.07, 6.45) is 1.29. The van der Waals surface area contributed by atoms with Gasteiger partial charge in [0.05, 0.1) is 19.3 Å². The van der Waals surface area contributed by atoms with Crippen LogP contribution in [0, 0.1) is 11.3 Å². The molecule has 34 heavy (non-hydrogen) atoms. The summed E-state index contributed by atoms with van der Waals surface area (Å²) in [6.45, 7) is 3.09. The predicted octanol–water partition coefficient (Wildman–Crippen LogP) is 0.520. The van der Waals surface area contributed by atoms with Crippen molar-refractivity contribution < 1.29 is 24.2 Å². The zero-order valence-electron chi connectivity index (χ0n) is 18.8. The van der Waals surface area contributed by atoms with Crippen LogP contribution in [-0.2, 0) is 11.3 Å². The summed E-state index contributed by atoms with van der Waals surface area (Å²) >= 11 is 0. The van der Waals surface area contributed by atoms with Crippen molar-refractivity contribution in [3.05, 3.63) is 41.2 Å². The van der Waals surface area contributed by atoms with Crippen molar-refractivity contribution in [1.29, 1.82) is 5.26 Å². The average molecular weight is 467 g/mol. The first-order valence-corrected chi connectivity index (χ1v) is 10.5. The lowest BCUT2D eigenvalue weighted by atomic mass is 10.1. The minimum Gasteiger partial charge on any atom is -0.487 e. The fraction of sp³-hybridized carbons (Fsp3) is 0.364. The molecule has 1 atom stereocenters. The molecule has 0 bridgehead atoms. The van der Waals surface area contributed by atoms with Gasteiger partial charge < -0.3 is 20.1 Å². The Balaban J connectivity index is 1.74. The highest BCUT2D eigenvalue weighted by Crippen LogP contribution is 2.23. The van der Waals surface area contributed by atoms with Crippen LogP contribution in [0.1, 0.15) is 28.5 Å². The number of hydrogen-bond donors (Lipinski definition) is 3. The molecular weight excluding hydrogens is 442 g/mol. The molecule has 1 aliphatic rings. The lowest BCUT2D eigenvalue weighted by Gasteiger charge is -2.28. The number of aldehydes is 1. The Morgan fingerprint density at radius 3 is 2.97 bits per heavy atom. The average Bonchev–Trinajstić information content (AvgIpc) is 2.85. The highest BCUT2D eigenvalue weighted by atomic mass is 16.5. The van der Waals surface area contributed by atoms with Gasteiger partial charge in [-0.15, -0.1) is 0 Å². The largest absolute Gasteiger partial charge is 0.487 e. The van der Waals surface area contributed by atoms with Gasteiger partial charge in [-0.2, -0.15) is 5.26 Å². The number of ether oxygens (including phenoxy) is 1. The van der Waals surface area contributed by atoms with Gasteiger partial charge in [-0.1, -0.05) is 6.07 Å². The van der Waals surface area contributed by atoms with E-state index in [-0.39, 0.29) is 54.2 Å². The number of nitrogens with zero attached hydrogens (tertiary/aromatic N) is 5. The second kappa shape index (κ2) is 11.2. The van der Waals surface area contributed by atoms with E-state index in [0.29, 0.717) is 24.9 Å². The van der Waals surface area contributed by atoms with Crippen LogP contribution in [0.15, 0.2) is 24.4 Å². The van der Waals surface area contributed by atoms with Gasteiger partial charge in [-0.25, -0.2) is 14.8 Å². The summed E-state index contributed by atoms with van der Waals surface area (Å²) in [4.78, 5) is 47.5. The highest BCUT2D eigenvalue weighted by Gasteiger charge is 2.21. The molecule has 12 nitrogen and oxygen atoms in total. The quantitative estimate of drug-likeness (QED) is 0.470. The third-order valence-corrected chi connectivity index (χ3v) is 5.11. The van der Waals surface area contributed by atoms with Crippen molar-refractivity contribution in [2.75, 3.05) is 43.5 Å². The van der Waals surface area contributed by atoms with E-state index in [1.165, 1.54) is 24.2 Å². The summed E-state index contributed by atoms with van der Waals surface area (Å²) in [6, 6.07) is 5.98. The van der Waals surface area contributed by atoms with Crippen LogP contribution >= 0.6 is 0 Å². The number of aliphatic hydroxyl groups is 1. The number of aliphatic hydroxyl groups excluding tert-OH is 1. The normalized spacial score (nSPS) is 14.2. The topological polar surface area (TPSA) is 161 Å². The minimum atomic E-state index is -0.590. The number of nitriles is 1. The van der Waals surface area contributed by atoms with Crippen molar-refractivity contribution in [3.8, 4) is 11.8 Å². The molecule has 178 valence electrons. The number of nitrogens with one attached hydrogen (secondary N) is 2. The SMILES string of the molecule is C[C@@H](CO)Oc1cc(NC(=O)N(C)c2ccc(CN3CCNCC3=O)c(C=O)n2)ncc1C#N. The fourth-order valence-electron chi connectivity index (χ4n) is 3.17. The van der Waals surface area contributed by atoms with Crippen molar-refractivity contribution in [1.82, 2.24) is 20.2 Å². The molecule has 1 fully saturated rings. The predicted molar refractivity (Wildman–Crippen MR) is 121 cm³/mol. The molecular formula is C22H25N7O5. The standard InChI is InChI=1S/C22H25N7O5/c1-14(12-30)34-18-7-19(25-9-16(18)8-23)27-22(33)28(2)20-4-3-15(17(13-31)26-20)11-29-6-5-24-10-21(29)32/h3-4,7,9,13-14,24,30H,5-6,10-12H2,1-2H3,(H,25,27,33)/t14-/m0/s1. The van der Waals surface area contributed by atoms with Crippen LogP contribution in [-0.4, -0.2) is 77.6 Å². The number of pyridine rings is 2. The van der Waals surface area contributed by atoms with Crippen molar-refractivity contribution in [2.24, 2.45) is 0 Å². The first kappa shape index (κ1) is 24.6. The molecule has 2 aromatic rings. The minimum absolute atomic E-state index is 0.0599. The van der Waals surface area contributed by atoms with Crippen molar-refractivity contribution in [3.63, 3.8) is 0 Å². The molecule has 0 aromatic carbocycles. The monoisotopic (exact) mass is 467 g/mol. The maximum Gasteiger partial charge on any atom is 0.328 e. The maximum absolute atomic E-state index is 12.7. The van der Waals surface area contributed by atoms with E-state index >= 15 is 0 Å². The van der Waals surface area contributed by atoms with Crippen LogP contribution in [0.5, 0.6) is 5.75 Å². The highest BCUT2D eigenvalue weighted by molar-refractivity contribution is 6.00. The third-order valence-electron chi connectivity index (χ3n) is 5.11. The molecule has 0 unspecified atom stereocenters. The second-order valence-electron chi connectivity index (χ2n) is 7.60. The van der Waals surface area contributed by atoms with E-state index < -0.39 is 12.1 Å². The molecule has 0 aliphatic carbocycles. The number of urea groups is 1. The van der Waals surface area contributed by atoms with Gasteiger partial charge in [-0.05, 0) is 13.0 Å². The van der Waals surface area contributed by atoms with Gasteiger partial charge in [0, 0.05) is 38.3 Å². The molecule has 3 N–H and O–H groups in total. The molecule has 12 heteroatoms. The number of carbonyl (C=O) groups excluding carboxylic acids is 3. The number of aromatic nitrogens is 2. The molecule has 3 rings (SSSR count). The van der Waals surface area contributed by atoms with Crippen LogP contribution in [0.3, 0.4) is 0 Å². The Bertz CT molecular complexity index is 1120. The summed E-state index contributed by atoms with van der Waals surface area (Å²) < 4.78 is 5.51. The van der Waals surface area contributed by atoms with Crippen LogP contribution < -0.4 is 20.3 Å². The zero-order valence-corrected chi connectivity index (χ0v) is 18.8. The van der Waals surface area contributed by atoms with Gasteiger partial charge in [0.1, 0.15) is 40.8 Å². The zero-order chi connectivity index (χ0) is 24.7. The molecule has 0 radical (unpaired) electrons. The van der Waals surface area contributed by atoms with E-state index in [1.54, 1.807) is 24.0 Å². The molecule has 3 amide bonds. The van der Waals surface area contributed by atoms with Gasteiger partial charge >= 0.3 is 6.03 Å². The molecule has 1 saturated heterocycles. The van der Waals surface area contributed by atoms with E-state index in [2.05, 4.69) is 20.6 Å². The summed E-state index contributed by atoms with van der Waals surface area (Å²) in [5.74, 6) is 0.454. The van der Waals surface area contributed by atoms with E-state index in [4.69, 9.17) is 4.74 Å². The number of carbonyl (C=O) groups is 3. The van der Waals surface area contributed by atoms with E-state index in [9.17, 15) is 24.8 Å². The third kappa shape index (κ3) is 5.83. The van der Waals surface area contributed by atoms with Crippen molar-refractivity contribution in [2.45, 2.75) is 19.6 Å². The number of piperazine rings is 1. The number of anilines is 2. The first-order chi connectivity index (χ1) is 16.4. The van der Waals surface area contributed by atoms with E-state index in [1.807, 2.05) is 6.07 Å². The maximum atomic E-state index is 12.7. The fourth-order valence-corrected chi connectivity index (χ4v) is 3.17. The Morgan fingerprint density at radius 2 is 2.29 bits per heavy atom. The molecule has 0 saturated carbocycles. The summed E-state index contributed by atoms with van der Waals surface area (Å²) in [5, 5.41) is 24.0. The molecule has 0 spiro atoms. The Labute approximate surface area is 196 Å². The summed E-state index contributed by atoms with van der Waals surface area (Å²) in [5.41, 5.74) is 0.868. The van der Waals surface area contributed by atoms with Gasteiger partial charge in [0.25, 0.3) is 0 Å². The Hall–Kier alpha value is -4.08. The number of rotatable bonds is 8. The lowest BCUT2D eigenvalue weighted by Crippen LogP contribution is -2.47. The molecule has 3 heterocycles. The van der Waals surface area contributed by atoms with Crippen LogP contribution in [0.2, 0.25) is 0 Å². The van der Waals surface area contributed by atoms with Crippen LogP contribution in [0.25, 0.3) is 0 Å². The van der Waals surface area contributed by atoms with Crippen LogP contribution in [0.4, 0.5) is 16.4 Å². The van der Waals surface area contributed by atoms with Gasteiger partial charge in [0.2, 0.25) is 5.91 Å². The second-order valence-corrected chi connectivity index (χ2v) is 7.60.